The smallest absolute Gasteiger partial charge is 0.407 e. The standard InChI is InChI=1S/C15H25N3O5S2/c1-5-18-10-8-25(21,22)9-11(10)24-13(18)17-12(19)6-7-16-14(20)23-15(2,3)4/h10-11H,5-9H2,1-4H3,(H,16,20). The number of carbonyl (C=O) groups is 2. The molecule has 1 N–H and O–H groups in total. The van der Waals surface area contributed by atoms with Crippen LogP contribution in [0.15, 0.2) is 4.99 Å². The molecule has 8 nitrogen and oxygen atoms in total. The molecule has 2 heterocycles. The highest BCUT2D eigenvalue weighted by Gasteiger charge is 2.48. The van der Waals surface area contributed by atoms with E-state index in [1.807, 2.05) is 11.8 Å². The number of hydrogen-bond acceptors (Lipinski definition) is 6. The molecule has 2 rings (SSSR count). The van der Waals surface area contributed by atoms with Crippen LogP contribution in [0.4, 0.5) is 4.79 Å². The van der Waals surface area contributed by atoms with E-state index in [-0.39, 0.29) is 41.7 Å². The zero-order chi connectivity index (χ0) is 18.8. The Kier molecular flexibility index (Phi) is 6.03. The van der Waals surface area contributed by atoms with Gasteiger partial charge in [0.25, 0.3) is 0 Å². The molecule has 2 aliphatic heterocycles. The van der Waals surface area contributed by atoms with Crippen molar-refractivity contribution in [1.29, 1.82) is 0 Å². The minimum Gasteiger partial charge on any atom is -0.444 e. The topological polar surface area (TPSA) is 105 Å². The number of thioether (sulfide) groups is 1. The normalized spacial score (nSPS) is 26.6. The maximum atomic E-state index is 12.0. The molecule has 0 aliphatic carbocycles. The Morgan fingerprint density at radius 3 is 2.64 bits per heavy atom. The van der Waals surface area contributed by atoms with Crippen LogP contribution in [0.3, 0.4) is 0 Å². The molecule has 0 aromatic carbocycles. The van der Waals surface area contributed by atoms with Gasteiger partial charge in [0.1, 0.15) is 5.60 Å². The number of alkyl carbamates (subject to hydrolysis) is 1. The van der Waals surface area contributed by atoms with Crippen molar-refractivity contribution in [2.45, 2.75) is 51.0 Å². The van der Waals surface area contributed by atoms with Crippen molar-refractivity contribution >= 4 is 38.8 Å². The van der Waals surface area contributed by atoms with Gasteiger partial charge in [0, 0.05) is 24.8 Å². The van der Waals surface area contributed by atoms with Gasteiger partial charge in [0.05, 0.1) is 17.5 Å². The number of sulfone groups is 1. The molecule has 2 amide bonds. The average Bonchev–Trinajstić information content (AvgIpc) is 2.87. The van der Waals surface area contributed by atoms with Crippen molar-refractivity contribution in [3.05, 3.63) is 0 Å². The Balaban J connectivity index is 1.86. The lowest BCUT2D eigenvalue weighted by Gasteiger charge is -2.22. The summed E-state index contributed by atoms with van der Waals surface area (Å²) in [7, 11) is -3.00. The molecular formula is C15H25N3O5S2. The summed E-state index contributed by atoms with van der Waals surface area (Å²) in [6.45, 7) is 7.94. The predicted octanol–water partition coefficient (Wildman–Crippen LogP) is 1.02. The minimum absolute atomic E-state index is 0.0589. The molecule has 2 aliphatic rings. The molecule has 142 valence electrons. The minimum atomic E-state index is -3.00. The monoisotopic (exact) mass is 391 g/mol. The van der Waals surface area contributed by atoms with Gasteiger partial charge in [-0.3, -0.25) is 4.79 Å². The number of nitrogens with zero attached hydrogens (tertiary/aromatic N) is 2. The van der Waals surface area contributed by atoms with Crippen LogP contribution in [0.2, 0.25) is 0 Å². The maximum absolute atomic E-state index is 12.0. The van der Waals surface area contributed by atoms with E-state index in [2.05, 4.69) is 10.3 Å². The predicted molar refractivity (Wildman–Crippen MR) is 97.5 cm³/mol. The highest BCUT2D eigenvalue weighted by Crippen LogP contribution is 2.37. The first kappa shape index (κ1) is 20.0. The zero-order valence-corrected chi connectivity index (χ0v) is 16.6. The Labute approximate surface area is 152 Å². The van der Waals surface area contributed by atoms with E-state index < -0.39 is 21.5 Å². The lowest BCUT2D eigenvalue weighted by atomic mass is 10.2. The average molecular weight is 392 g/mol. The van der Waals surface area contributed by atoms with Crippen molar-refractivity contribution in [2.75, 3.05) is 24.6 Å². The highest BCUT2D eigenvalue weighted by molar-refractivity contribution is 8.15. The summed E-state index contributed by atoms with van der Waals surface area (Å²) in [6.07, 6.45) is -0.507. The number of fused-ring (bicyclic) bond motifs is 1. The zero-order valence-electron chi connectivity index (χ0n) is 14.9. The quantitative estimate of drug-likeness (QED) is 0.763. The SMILES string of the molecule is CCN1C(=NC(=O)CCNC(=O)OC(C)(C)C)SC2CS(=O)(=O)CC21. The van der Waals surface area contributed by atoms with Crippen LogP contribution in [-0.2, 0) is 19.4 Å². The largest absolute Gasteiger partial charge is 0.444 e. The van der Waals surface area contributed by atoms with E-state index in [0.717, 1.165) is 0 Å². The van der Waals surface area contributed by atoms with Crippen molar-refractivity contribution in [3.8, 4) is 0 Å². The van der Waals surface area contributed by atoms with Gasteiger partial charge in [-0.2, -0.15) is 4.99 Å². The fraction of sp³-hybridized carbons (Fsp3) is 0.800. The van der Waals surface area contributed by atoms with Crippen LogP contribution in [0.1, 0.15) is 34.1 Å². The van der Waals surface area contributed by atoms with Crippen LogP contribution in [-0.4, -0.2) is 72.0 Å². The lowest BCUT2D eigenvalue weighted by Crippen LogP contribution is -2.37. The number of nitrogens with one attached hydrogen (secondary N) is 1. The first-order valence-electron chi connectivity index (χ1n) is 8.23. The number of amidine groups is 1. The van der Waals surface area contributed by atoms with Gasteiger partial charge >= 0.3 is 6.09 Å². The molecule has 2 saturated heterocycles. The van der Waals surface area contributed by atoms with E-state index >= 15 is 0 Å². The number of rotatable bonds is 4. The van der Waals surface area contributed by atoms with E-state index in [0.29, 0.717) is 11.7 Å². The highest BCUT2D eigenvalue weighted by atomic mass is 32.2. The van der Waals surface area contributed by atoms with Crippen molar-refractivity contribution in [1.82, 2.24) is 10.2 Å². The van der Waals surface area contributed by atoms with Gasteiger partial charge in [0.2, 0.25) is 5.91 Å². The summed E-state index contributed by atoms with van der Waals surface area (Å²) in [5.41, 5.74) is -0.589. The summed E-state index contributed by atoms with van der Waals surface area (Å²) in [4.78, 5) is 29.6. The summed E-state index contributed by atoms with van der Waals surface area (Å²) < 4.78 is 28.6. The van der Waals surface area contributed by atoms with Crippen molar-refractivity contribution < 1.29 is 22.7 Å². The van der Waals surface area contributed by atoms with Gasteiger partial charge in [-0.05, 0) is 27.7 Å². The molecule has 0 radical (unpaired) electrons. The number of ether oxygens (including phenoxy) is 1. The first-order valence-corrected chi connectivity index (χ1v) is 10.9. The Morgan fingerprint density at radius 2 is 2.04 bits per heavy atom. The molecule has 25 heavy (non-hydrogen) atoms. The third-order valence-corrected chi connectivity index (χ3v) is 6.99. The first-order chi connectivity index (χ1) is 11.5. The van der Waals surface area contributed by atoms with Crippen LogP contribution in [0.25, 0.3) is 0 Å². The number of carbonyl (C=O) groups excluding carboxylic acids is 2. The molecule has 0 spiro atoms. The van der Waals surface area contributed by atoms with Gasteiger partial charge < -0.3 is 15.0 Å². The van der Waals surface area contributed by atoms with Crippen LogP contribution < -0.4 is 5.32 Å². The van der Waals surface area contributed by atoms with E-state index in [4.69, 9.17) is 4.74 Å². The number of hydrogen-bond donors (Lipinski definition) is 1. The number of aliphatic imine (C=N–C) groups is 1. The van der Waals surface area contributed by atoms with E-state index in [1.165, 1.54) is 11.8 Å². The fourth-order valence-corrected chi connectivity index (χ4v) is 6.79. The van der Waals surface area contributed by atoms with Crippen molar-refractivity contribution in [2.24, 2.45) is 4.99 Å². The maximum Gasteiger partial charge on any atom is 0.407 e. The lowest BCUT2D eigenvalue weighted by molar-refractivity contribution is -0.117. The second-order valence-corrected chi connectivity index (χ2v) is 10.4. The fourth-order valence-electron chi connectivity index (χ4n) is 2.75. The van der Waals surface area contributed by atoms with Gasteiger partial charge in [-0.25, -0.2) is 13.2 Å². The van der Waals surface area contributed by atoms with Crippen LogP contribution in [0, 0.1) is 0 Å². The third-order valence-electron chi connectivity index (χ3n) is 3.74. The molecule has 2 atom stereocenters. The summed E-state index contributed by atoms with van der Waals surface area (Å²) in [5.74, 6) is -0.0992. The third kappa shape index (κ3) is 5.60. The summed E-state index contributed by atoms with van der Waals surface area (Å²) in [5, 5.41) is 3.04. The summed E-state index contributed by atoms with van der Waals surface area (Å²) in [6, 6.07) is -0.105. The van der Waals surface area contributed by atoms with Crippen LogP contribution >= 0.6 is 11.8 Å². The Bertz CT molecular complexity index is 669. The van der Waals surface area contributed by atoms with Gasteiger partial charge in [-0.1, -0.05) is 11.8 Å². The van der Waals surface area contributed by atoms with Crippen molar-refractivity contribution in [3.63, 3.8) is 0 Å². The van der Waals surface area contributed by atoms with E-state index in [9.17, 15) is 18.0 Å². The molecule has 0 aromatic rings. The second-order valence-electron chi connectivity index (χ2n) is 7.05. The molecule has 2 unspecified atom stereocenters. The second kappa shape index (κ2) is 7.53. The van der Waals surface area contributed by atoms with Crippen LogP contribution in [0.5, 0.6) is 0 Å². The Morgan fingerprint density at radius 1 is 1.36 bits per heavy atom. The molecule has 0 aromatic heterocycles. The summed E-state index contributed by atoms with van der Waals surface area (Å²) >= 11 is 1.36. The molecule has 2 fully saturated rings. The van der Waals surface area contributed by atoms with E-state index in [1.54, 1.807) is 20.8 Å². The number of amides is 2. The van der Waals surface area contributed by atoms with Gasteiger partial charge in [0.15, 0.2) is 15.0 Å². The Hall–Kier alpha value is -1.29. The molecular weight excluding hydrogens is 366 g/mol. The molecule has 10 heteroatoms. The molecule has 0 bridgehead atoms. The molecule has 0 saturated carbocycles. The van der Waals surface area contributed by atoms with Gasteiger partial charge in [-0.15, -0.1) is 0 Å².